The minimum absolute atomic E-state index is 0.0951. The first-order chi connectivity index (χ1) is 11.8. The molecule has 0 spiro atoms. The van der Waals surface area contributed by atoms with Gasteiger partial charge in [0.1, 0.15) is 8.07 Å². The maximum absolute atomic E-state index is 11.1. The van der Waals surface area contributed by atoms with E-state index >= 15 is 0 Å². The van der Waals surface area contributed by atoms with Gasteiger partial charge in [0.25, 0.3) is 0 Å². The van der Waals surface area contributed by atoms with E-state index in [-0.39, 0.29) is 10.7 Å². The fourth-order valence-electron chi connectivity index (χ4n) is 5.32. The number of hydrogen-bond acceptors (Lipinski definition) is 2. The molecule has 1 saturated heterocycles. The molecule has 1 heterocycles. The van der Waals surface area contributed by atoms with Crippen LogP contribution >= 0.6 is 11.8 Å². The first-order valence-corrected chi connectivity index (χ1v) is 13.2. The molecule has 2 aliphatic rings. The average Bonchev–Trinajstić information content (AvgIpc) is 2.45. The van der Waals surface area contributed by atoms with Crippen molar-refractivity contribution in [2.24, 2.45) is 5.92 Å². The normalized spacial score (nSPS) is 28.4. The average molecular weight is 391 g/mol. The number of fused-ring (bicyclic) bond motifs is 1. The summed E-state index contributed by atoms with van der Waals surface area (Å²) < 4.78 is 0.0951. The number of aliphatic hydroxyl groups is 1. The lowest BCUT2D eigenvalue weighted by atomic mass is 9.78. The second kappa shape index (κ2) is 7.53. The van der Waals surface area contributed by atoms with Crippen molar-refractivity contribution < 1.29 is 5.11 Å². The van der Waals surface area contributed by atoms with Gasteiger partial charge >= 0.3 is 0 Å². The van der Waals surface area contributed by atoms with Crippen molar-refractivity contribution in [3.8, 4) is 11.5 Å². The van der Waals surface area contributed by atoms with Gasteiger partial charge in [0.2, 0.25) is 0 Å². The summed E-state index contributed by atoms with van der Waals surface area (Å²) >= 11 is 1.93. The van der Waals surface area contributed by atoms with Crippen LogP contribution in [-0.2, 0) is 0 Å². The van der Waals surface area contributed by atoms with E-state index in [1.807, 2.05) is 18.7 Å². The van der Waals surface area contributed by atoms with E-state index in [9.17, 15) is 5.11 Å². The zero-order valence-corrected chi connectivity index (χ0v) is 20.1. The maximum Gasteiger partial charge on any atom is 0.146 e. The summed E-state index contributed by atoms with van der Waals surface area (Å²) in [7, 11) is -1.70. The van der Waals surface area contributed by atoms with Crippen LogP contribution in [-0.4, -0.2) is 23.5 Å². The summed E-state index contributed by atoms with van der Waals surface area (Å²) in [5.41, 5.74) is 6.32. The highest BCUT2D eigenvalue weighted by molar-refractivity contribution is 8.04. The maximum atomic E-state index is 11.1. The van der Waals surface area contributed by atoms with Gasteiger partial charge in [-0.1, -0.05) is 73.5 Å². The fraction of sp³-hybridized carbons (Fsp3) is 0.739. The van der Waals surface area contributed by atoms with E-state index < -0.39 is 13.7 Å². The van der Waals surface area contributed by atoms with Crippen LogP contribution in [0.3, 0.4) is 0 Å². The highest BCUT2D eigenvalue weighted by Gasteiger charge is 2.46. The standard InChI is InChI=1S/C23H38OSSi/c1-16(2)26(17(3)4,18(5)6)13-12-19-10-11-21-20(14-19)23(9,24)15-22(7,8)25-21/h11,14,16-18,20,24H,10,15H2,1-9H3/t20-,23-/m1/s1. The van der Waals surface area contributed by atoms with Crippen molar-refractivity contribution in [2.75, 3.05) is 0 Å². The third kappa shape index (κ3) is 4.18. The number of hydrogen-bond donors (Lipinski definition) is 1. The van der Waals surface area contributed by atoms with Crippen LogP contribution in [0.4, 0.5) is 0 Å². The molecule has 0 saturated carbocycles. The molecule has 0 aromatic rings. The molecule has 0 aromatic carbocycles. The zero-order chi connectivity index (χ0) is 19.9. The Labute approximate surface area is 167 Å². The molecule has 146 valence electrons. The van der Waals surface area contributed by atoms with Gasteiger partial charge in [-0.3, -0.25) is 0 Å². The van der Waals surface area contributed by atoms with Crippen molar-refractivity contribution in [1.29, 1.82) is 0 Å². The van der Waals surface area contributed by atoms with Crippen LogP contribution < -0.4 is 0 Å². The number of thioether (sulfide) groups is 1. The Morgan fingerprint density at radius 3 is 2.12 bits per heavy atom. The lowest BCUT2D eigenvalue weighted by molar-refractivity contribution is 0.0131. The molecule has 1 fully saturated rings. The first kappa shape index (κ1) is 21.9. The monoisotopic (exact) mass is 390 g/mol. The quantitative estimate of drug-likeness (QED) is 0.427. The molecule has 1 nitrogen and oxygen atoms in total. The highest BCUT2D eigenvalue weighted by atomic mass is 32.2. The summed E-state index contributed by atoms with van der Waals surface area (Å²) in [6, 6.07) is 0. The van der Waals surface area contributed by atoms with Crippen LogP contribution in [0.15, 0.2) is 22.6 Å². The number of allylic oxidation sites excluding steroid dienone is 2. The van der Waals surface area contributed by atoms with E-state index in [0.717, 1.165) is 12.8 Å². The van der Waals surface area contributed by atoms with Crippen LogP contribution in [0.2, 0.25) is 16.6 Å². The second-order valence-electron chi connectivity index (χ2n) is 10.0. The van der Waals surface area contributed by atoms with Crippen molar-refractivity contribution in [3.05, 3.63) is 22.6 Å². The van der Waals surface area contributed by atoms with Gasteiger partial charge in [0, 0.05) is 16.2 Å². The molecule has 0 bridgehead atoms. The lowest BCUT2D eigenvalue weighted by Crippen LogP contribution is -2.45. The largest absolute Gasteiger partial charge is 0.389 e. The van der Waals surface area contributed by atoms with Gasteiger partial charge in [-0.2, -0.15) is 0 Å². The molecule has 0 unspecified atom stereocenters. The smallest absolute Gasteiger partial charge is 0.146 e. The van der Waals surface area contributed by atoms with Crippen molar-refractivity contribution in [2.45, 2.75) is 102 Å². The molecule has 26 heavy (non-hydrogen) atoms. The minimum atomic E-state index is -1.70. The molecule has 0 radical (unpaired) electrons. The van der Waals surface area contributed by atoms with Gasteiger partial charge in [-0.25, -0.2) is 0 Å². The third-order valence-electron chi connectivity index (χ3n) is 6.35. The molecule has 2 rings (SSSR count). The molecule has 1 N–H and O–H groups in total. The summed E-state index contributed by atoms with van der Waals surface area (Å²) in [6.07, 6.45) is 6.31. The Kier molecular flexibility index (Phi) is 6.33. The molecule has 0 aromatic heterocycles. The molecule has 3 heteroatoms. The Balaban J connectivity index is 2.36. The molecule has 1 aliphatic heterocycles. The van der Waals surface area contributed by atoms with Crippen LogP contribution in [0.5, 0.6) is 0 Å². The van der Waals surface area contributed by atoms with Gasteiger partial charge in [0.05, 0.1) is 5.60 Å². The topological polar surface area (TPSA) is 20.2 Å². The molecule has 0 amide bonds. The first-order valence-electron chi connectivity index (χ1n) is 10.2. The van der Waals surface area contributed by atoms with E-state index in [1.54, 1.807) is 0 Å². The Bertz CT molecular complexity index is 634. The van der Waals surface area contributed by atoms with Crippen molar-refractivity contribution >= 4 is 19.8 Å². The Morgan fingerprint density at radius 2 is 1.62 bits per heavy atom. The SMILES string of the molecule is CC(C)[Si](C#CC1=C[C@@H]2C(=CC1)SC(C)(C)C[C@@]2(C)O)(C(C)C)C(C)C. The van der Waals surface area contributed by atoms with Gasteiger partial charge < -0.3 is 5.11 Å². The fourth-order valence-corrected chi connectivity index (χ4v) is 12.2. The van der Waals surface area contributed by atoms with E-state index in [4.69, 9.17) is 0 Å². The Morgan fingerprint density at radius 1 is 1.08 bits per heavy atom. The predicted molar refractivity (Wildman–Crippen MR) is 120 cm³/mol. The van der Waals surface area contributed by atoms with Gasteiger partial charge in [-0.05, 0) is 41.3 Å². The second-order valence-corrected chi connectivity index (χ2v) is 17.4. The van der Waals surface area contributed by atoms with E-state index in [0.29, 0.717) is 16.6 Å². The predicted octanol–water partition coefficient (Wildman–Crippen LogP) is 6.70. The molecular weight excluding hydrogens is 352 g/mol. The van der Waals surface area contributed by atoms with Crippen LogP contribution in [0.25, 0.3) is 0 Å². The summed E-state index contributed by atoms with van der Waals surface area (Å²) in [4.78, 5) is 1.33. The molecule has 2 atom stereocenters. The third-order valence-corrected chi connectivity index (χ3v) is 14.0. The molecule has 1 aliphatic carbocycles. The van der Waals surface area contributed by atoms with Crippen molar-refractivity contribution in [3.63, 3.8) is 0 Å². The summed E-state index contributed by atoms with van der Waals surface area (Å²) in [5.74, 6) is 3.71. The van der Waals surface area contributed by atoms with Crippen molar-refractivity contribution in [1.82, 2.24) is 0 Å². The van der Waals surface area contributed by atoms with Gasteiger partial charge in [-0.15, -0.1) is 17.3 Å². The minimum Gasteiger partial charge on any atom is -0.389 e. The lowest BCUT2D eigenvalue weighted by Gasteiger charge is -2.46. The molecular formula is C23H38OSSi. The van der Waals surface area contributed by atoms with E-state index in [1.165, 1.54) is 10.5 Å². The van der Waals surface area contributed by atoms with Gasteiger partial charge in [0.15, 0.2) is 0 Å². The highest BCUT2D eigenvalue weighted by Crippen LogP contribution is 2.53. The van der Waals surface area contributed by atoms with Crippen LogP contribution in [0.1, 0.15) is 75.2 Å². The Hall–Kier alpha value is -0.433. The summed E-state index contributed by atoms with van der Waals surface area (Å²) in [5, 5.41) is 11.1. The number of rotatable bonds is 3. The zero-order valence-electron chi connectivity index (χ0n) is 18.2. The van der Waals surface area contributed by atoms with Crippen LogP contribution in [0, 0.1) is 17.4 Å². The van der Waals surface area contributed by atoms with E-state index in [2.05, 4.69) is 79.0 Å². The summed E-state index contributed by atoms with van der Waals surface area (Å²) in [6.45, 7) is 20.6.